The topological polar surface area (TPSA) is 77.1 Å². The highest BCUT2D eigenvalue weighted by Gasteiger charge is 2.22. The van der Waals surface area contributed by atoms with E-state index in [0.29, 0.717) is 5.57 Å². The van der Waals surface area contributed by atoms with Gasteiger partial charge in [-0.15, -0.1) is 0 Å². The molecule has 1 aromatic heterocycles. The predicted molar refractivity (Wildman–Crippen MR) is 74.3 cm³/mol. The van der Waals surface area contributed by atoms with Crippen molar-refractivity contribution >= 4 is 22.6 Å². The van der Waals surface area contributed by atoms with Gasteiger partial charge in [-0.25, -0.2) is 9.48 Å². The standard InChI is InChI=1S/C15H11N3O3/c1-10-6-14(21-15(10)19)20-9-12(7-16)18-13-5-3-2-4-11(13)8-17-18/h2-6,8-9,14H,1H3/b12-9-. The normalized spacial score (nSPS) is 18.3. The average Bonchev–Trinajstić information content (AvgIpc) is 3.05. The lowest BCUT2D eigenvalue weighted by molar-refractivity contribution is -0.152. The molecule has 1 aliphatic heterocycles. The molecule has 21 heavy (non-hydrogen) atoms. The van der Waals surface area contributed by atoms with Gasteiger partial charge in [0.2, 0.25) is 0 Å². The molecule has 104 valence electrons. The maximum Gasteiger partial charge on any atom is 0.336 e. The zero-order valence-electron chi connectivity index (χ0n) is 11.2. The number of nitrogens with zero attached hydrogens (tertiary/aromatic N) is 3. The second-order valence-electron chi connectivity index (χ2n) is 4.49. The summed E-state index contributed by atoms with van der Waals surface area (Å²) in [5.41, 5.74) is 1.48. The van der Waals surface area contributed by atoms with Crippen LogP contribution in [-0.2, 0) is 14.3 Å². The van der Waals surface area contributed by atoms with Gasteiger partial charge in [0.1, 0.15) is 12.3 Å². The zero-order valence-corrected chi connectivity index (χ0v) is 11.2. The molecule has 1 aromatic carbocycles. The van der Waals surface area contributed by atoms with E-state index in [1.165, 1.54) is 10.9 Å². The first-order valence-electron chi connectivity index (χ1n) is 6.27. The fraction of sp³-hybridized carbons (Fsp3) is 0.133. The number of cyclic esters (lactones) is 1. The molecule has 0 radical (unpaired) electrons. The Labute approximate surface area is 120 Å². The van der Waals surface area contributed by atoms with Crippen molar-refractivity contribution in [3.05, 3.63) is 48.4 Å². The quantitative estimate of drug-likeness (QED) is 0.489. The molecule has 0 aliphatic carbocycles. The number of carbonyl (C=O) groups excluding carboxylic acids is 1. The summed E-state index contributed by atoms with van der Waals surface area (Å²) in [5, 5.41) is 14.3. The van der Waals surface area contributed by atoms with Crippen LogP contribution in [0.2, 0.25) is 0 Å². The summed E-state index contributed by atoms with van der Waals surface area (Å²) in [5.74, 6) is -0.420. The van der Waals surface area contributed by atoms with Crippen molar-refractivity contribution in [1.29, 1.82) is 5.26 Å². The summed E-state index contributed by atoms with van der Waals surface area (Å²) >= 11 is 0. The Hall–Kier alpha value is -3.07. The van der Waals surface area contributed by atoms with E-state index < -0.39 is 12.3 Å². The van der Waals surface area contributed by atoms with Gasteiger partial charge in [-0.2, -0.15) is 10.4 Å². The van der Waals surface area contributed by atoms with Gasteiger partial charge in [-0.3, -0.25) is 0 Å². The number of para-hydroxylation sites is 1. The van der Waals surface area contributed by atoms with Crippen LogP contribution in [0.25, 0.3) is 16.6 Å². The fourth-order valence-electron chi connectivity index (χ4n) is 1.99. The molecule has 3 rings (SSSR count). The molecule has 0 fully saturated rings. The van der Waals surface area contributed by atoms with Crippen LogP contribution in [0.5, 0.6) is 0 Å². The highest BCUT2D eigenvalue weighted by molar-refractivity contribution is 5.90. The first kappa shape index (κ1) is 12.9. The third-order valence-electron chi connectivity index (χ3n) is 3.07. The van der Waals surface area contributed by atoms with E-state index >= 15 is 0 Å². The minimum absolute atomic E-state index is 0.199. The number of aromatic nitrogens is 2. The summed E-state index contributed by atoms with van der Waals surface area (Å²) < 4.78 is 11.7. The third-order valence-corrected chi connectivity index (χ3v) is 3.07. The van der Waals surface area contributed by atoms with Crippen LogP contribution < -0.4 is 0 Å². The van der Waals surface area contributed by atoms with Crippen molar-refractivity contribution in [2.75, 3.05) is 0 Å². The maximum absolute atomic E-state index is 11.2. The van der Waals surface area contributed by atoms with E-state index in [4.69, 9.17) is 9.47 Å². The van der Waals surface area contributed by atoms with Gasteiger partial charge in [-0.05, 0) is 13.0 Å². The molecule has 0 saturated carbocycles. The summed E-state index contributed by atoms with van der Waals surface area (Å²) in [4.78, 5) is 11.2. The van der Waals surface area contributed by atoms with Gasteiger partial charge in [0.15, 0.2) is 5.70 Å². The minimum Gasteiger partial charge on any atom is -0.456 e. The Morgan fingerprint density at radius 2 is 2.33 bits per heavy atom. The maximum atomic E-state index is 11.2. The number of allylic oxidation sites excluding steroid dienone is 1. The second-order valence-corrected chi connectivity index (χ2v) is 4.49. The highest BCUT2D eigenvalue weighted by Crippen LogP contribution is 2.18. The molecule has 1 aliphatic rings. The van der Waals surface area contributed by atoms with Crippen LogP contribution in [0, 0.1) is 11.3 Å². The van der Waals surface area contributed by atoms with Crippen molar-refractivity contribution < 1.29 is 14.3 Å². The number of rotatable bonds is 3. The molecule has 1 atom stereocenters. The Kier molecular flexibility index (Phi) is 3.16. The van der Waals surface area contributed by atoms with Crippen molar-refractivity contribution in [2.24, 2.45) is 0 Å². The smallest absolute Gasteiger partial charge is 0.336 e. The summed E-state index contributed by atoms with van der Waals surface area (Å²) in [6, 6.07) is 9.53. The molecule has 1 unspecified atom stereocenters. The molecule has 0 amide bonds. The number of esters is 1. The van der Waals surface area contributed by atoms with E-state index in [1.807, 2.05) is 30.3 Å². The van der Waals surface area contributed by atoms with E-state index in [-0.39, 0.29) is 5.70 Å². The van der Waals surface area contributed by atoms with Crippen LogP contribution in [-0.4, -0.2) is 22.0 Å². The van der Waals surface area contributed by atoms with Gasteiger partial charge >= 0.3 is 5.97 Å². The van der Waals surface area contributed by atoms with Crippen molar-refractivity contribution in [3.8, 4) is 6.07 Å². The number of fused-ring (bicyclic) bond motifs is 1. The number of carbonyl (C=O) groups is 1. The molecule has 0 bridgehead atoms. The van der Waals surface area contributed by atoms with Crippen LogP contribution in [0.3, 0.4) is 0 Å². The molecule has 0 N–H and O–H groups in total. The lowest BCUT2D eigenvalue weighted by atomic mass is 10.2. The molecule has 2 aromatic rings. The Bertz CT molecular complexity index is 811. The first-order chi connectivity index (χ1) is 10.2. The highest BCUT2D eigenvalue weighted by atomic mass is 16.7. The van der Waals surface area contributed by atoms with Crippen LogP contribution >= 0.6 is 0 Å². The molecular formula is C15H11N3O3. The van der Waals surface area contributed by atoms with E-state index in [9.17, 15) is 10.1 Å². The molecule has 0 spiro atoms. The molecular weight excluding hydrogens is 270 g/mol. The van der Waals surface area contributed by atoms with E-state index in [2.05, 4.69) is 5.10 Å². The van der Waals surface area contributed by atoms with Crippen molar-refractivity contribution in [1.82, 2.24) is 9.78 Å². The number of benzene rings is 1. The molecule has 6 heteroatoms. The largest absolute Gasteiger partial charge is 0.456 e. The Balaban J connectivity index is 1.87. The van der Waals surface area contributed by atoms with Gasteiger partial charge in [0, 0.05) is 17.0 Å². The van der Waals surface area contributed by atoms with Crippen LogP contribution in [0.1, 0.15) is 6.92 Å². The van der Waals surface area contributed by atoms with Crippen LogP contribution in [0.15, 0.2) is 48.4 Å². The average molecular weight is 281 g/mol. The summed E-state index contributed by atoms with van der Waals surface area (Å²) in [6.07, 6.45) is 3.66. The fourth-order valence-corrected chi connectivity index (χ4v) is 1.99. The third kappa shape index (κ3) is 2.37. The Morgan fingerprint density at radius 3 is 3.05 bits per heavy atom. The lowest BCUT2D eigenvalue weighted by Crippen LogP contribution is -2.10. The number of ether oxygens (including phenoxy) is 2. The number of nitriles is 1. The molecule has 6 nitrogen and oxygen atoms in total. The first-order valence-corrected chi connectivity index (χ1v) is 6.27. The Morgan fingerprint density at radius 1 is 1.52 bits per heavy atom. The van der Waals surface area contributed by atoms with Gasteiger partial charge in [0.25, 0.3) is 6.29 Å². The monoisotopic (exact) mass is 281 g/mol. The lowest BCUT2D eigenvalue weighted by Gasteiger charge is -2.08. The number of hydrogen-bond acceptors (Lipinski definition) is 5. The number of hydrogen-bond donors (Lipinski definition) is 0. The van der Waals surface area contributed by atoms with Crippen molar-refractivity contribution in [2.45, 2.75) is 13.2 Å². The molecule has 2 heterocycles. The van der Waals surface area contributed by atoms with Gasteiger partial charge in [-0.1, -0.05) is 18.2 Å². The van der Waals surface area contributed by atoms with Gasteiger partial charge < -0.3 is 9.47 Å². The molecule has 0 saturated heterocycles. The van der Waals surface area contributed by atoms with Crippen LogP contribution in [0.4, 0.5) is 0 Å². The predicted octanol–water partition coefficient (Wildman–Crippen LogP) is 2.20. The summed E-state index contributed by atoms with van der Waals surface area (Å²) in [6.45, 7) is 1.64. The second kappa shape index (κ2) is 5.13. The van der Waals surface area contributed by atoms with E-state index in [1.54, 1.807) is 19.2 Å². The summed E-state index contributed by atoms with van der Waals surface area (Å²) in [7, 11) is 0. The van der Waals surface area contributed by atoms with Gasteiger partial charge in [0.05, 0.1) is 11.7 Å². The van der Waals surface area contributed by atoms with Crippen molar-refractivity contribution in [3.63, 3.8) is 0 Å². The minimum atomic E-state index is -0.803. The zero-order chi connectivity index (χ0) is 14.8. The SMILES string of the molecule is CC1=CC(O/C=C(/C#N)n2ncc3ccccc32)OC1=O. The van der Waals surface area contributed by atoms with E-state index in [0.717, 1.165) is 10.9 Å².